The third-order valence-corrected chi connectivity index (χ3v) is 5.08. The Balaban J connectivity index is 2.12. The largest absolute Gasteiger partial charge is 0.424 e. The van der Waals surface area contributed by atoms with Crippen LogP contribution in [-0.2, 0) is 0 Å². The van der Waals surface area contributed by atoms with Crippen molar-refractivity contribution in [3.05, 3.63) is 71.3 Å². The Kier molecular flexibility index (Phi) is 5.57. The molecule has 0 saturated carbocycles. The molecule has 1 aliphatic heterocycles. The van der Waals surface area contributed by atoms with E-state index in [0.717, 1.165) is 55.6 Å². The van der Waals surface area contributed by atoms with Crippen molar-refractivity contribution in [1.82, 2.24) is 4.90 Å². The van der Waals surface area contributed by atoms with E-state index in [1.54, 1.807) is 0 Å². The van der Waals surface area contributed by atoms with Crippen LogP contribution in [-0.4, -0.2) is 47.5 Å². The Morgan fingerprint density at radius 1 is 0.903 bits per heavy atom. The molecule has 3 rings (SSSR count). The van der Waals surface area contributed by atoms with Crippen LogP contribution in [0.15, 0.2) is 53.5 Å². The number of rotatable bonds is 4. The number of carbonyl (C=O) groups is 1. The number of carbonyl (C=O) groups excluding carboxylic acids is 1. The van der Waals surface area contributed by atoms with Gasteiger partial charge in [-0.2, -0.15) is 26.3 Å². The molecule has 31 heavy (non-hydrogen) atoms. The van der Waals surface area contributed by atoms with Crippen LogP contribution in [0.3, 0.4) is 0 Å². The highest BCUT2D eigenvalue weighted by molar-refractivity contribution is 6.02. The molecule has 0 aromatic heterocycles. The predicted octanol–water partition coefficient (Wildman–Crippen LogP) is 5.16. The van der Waals surface area contributed by atoms with E-state index in [-0.39, 0.29) is 11.1 Å². The molecule has 0 N–H and O–H groups in total. The average Bonchev–Trinajstić information content (AvgIpc) is 2.96. The summed E-state index contributed by atoms with van der Waals surface area (Å²) >= 11 is 0. The summed E-state index contributed by atoms with van der Waals surface area (Å²) in [6.45, 7) is 0. The van der Waals surface area contributed by atoms with Gasteiger partial charge in [0.1, 0.15) is 17.5 Å². The molecular formula is C20H14F8N2O. The number of alkyl halides is 6. The van der Waals surface area contributed by atoms with Crippen LogP contribution in [0.5, 0.6) is 0 Å². The Bertz CT molecular complexity index is 980. The molecule has 166 valence electrons. The molecule has 1 aliphatic rings. The fraction of sp³-hybridized carbons (Fsp3) is 0.300. The topological polar surface area (TPSA) is 32.7 Å². The molecule has 0 radical (unpaired) electrons. The lowest BCUT2D eigenvalue weighted by atomic mass is 9.85. The molecule has 1 heterocycles. The van der Waals surface area contributed by atoms with Crippen LogP contribution >= 0.6 is 0 Å². The van der Waals surface area contributed by atoms with Gasteiger partial charge in [0.05, 0.1) is 6.04 Å². The maximum Gasteiger partial charge on any atom is 0.424 e. The minimum absolute atomic E-state index is 0.182. The lowest BCUT2D eigenvalue weighted by molar-refractivity contribution is -0.302. The van der Waals surface area contributed by atoms with Gasteiger partial charge in [-0.3, -0.25) is 4.79 Å². The fourth-order valence-electron chi connectivity index (χ4n) is 3.49. The Morgan fingerprint density at radius 2 is 1.35 bits per heavy atom. The summed E-state index contributed by atoms with van der Waals surface area (Å²) in [5.41, 5.74) is -5.02. The van der Waals surface area contributed by atoms with Crippen molar-refractivity contribution in [2.75, 3.05) is 7.05 Å². The van der Waals surface area contributed by atoms with Crippen molar-refractivity contribution in [1.29, 1.82) is 0 Å². The van der Waals surface area contributed by atoms with Crippen LogP contribution in [0.4, 0.5) is 35.1 Å². The first kappa shape index (κ1) is 22.7. The number of likely N-dealkylation sites (N-methyl/N-ethyl adjacent to an activating group) is 1. The van der Waals surface area contributed by atoms with Crippen molar-refractivity contribution in [2.45, 2.75) is 30.4 Å². The number of amidine groups is 1. The van der Waals surface area contributed by atoms with E-state index < -0.39 is 53.6 Å². The lowest BCUT2D eigenvalue weighted by Crippen LogP contribution is -2.64. The molecule has 0 bridgehead atoms. The first-order valence-corrected chi connectivity index (χ1v) is 8.79. The highest BCUT2D eigenvalue weighted by atomic mass is 19.4. The van der Waals surface area contributed by atoms with E-state index in [0.29, 0.717) is 4.90 Å². The first-order valence-electron chi connectivity index (χ1n) is 8.79. The predicted molar refractivity (Wildman–Crippen MR) is 94.7 cm³/mol. The second-order valence-electron chi connectivity index (χ2n) is 6.97. The summed E-state index contributed by atoms with van der Waals surface area (Å²) in [4.78, 5) is 16.2. The van der Waals surface area contributed by atoms with Gasteiger partial charge >= 0.3 is 12.4 Å². The van der Waals surface area contributed by atoms with Crippen molar-refractivity contribution in [3.63, 3.8) is 0 Å². The van der Waals surface area contributed by atoms with Crippen LogP contribution in [0.1, 0.15) is 22.3 Å². The Hall–Kier alpha value is -2.98. The zero-order chi connectivity index (χ0) is 23.2. The number of Topliss-reactive ketones (excluding diaryl/α,β-unsaturated/α-hetero) is 1. The molecule has 0 spiro atoms. The number of hydrogen-bond acceptors (Lipinski definition) is 3. The minimum Gasteiger partial charge on any atom is -0.353 e. The molecular weight excluding hydrogens is 436 g/mol. The highest BCUT2D eigenvalue weighted by Gasteiger charge is 2.78. The fourth-order valence-corrected chi connectivity index (χ4v) is 3.49. The second kappa shape index (κ2) is 7.61. The molecule has 0 saturated heterocycles. The van der Waals surface area contributed by atoms with E-state index in [2.05, 4.69) is 4.99 Å². The van der Waals surface area contributed by atoms with Crippen molar-refractivity contribution in [3.8, 4) is 0 Å². The third kappa shape index (κ3) is 3.88. The summed E-state index contributed by atoms with van der Waals surface area (Å²) < 4.78 is 110. The van der Waals surface area contributed by atoms with E-state index in [9.17, 15) is 39.9 Å². The van der Waals surface area contributed by atoms with Gasteiger partial charge in [0.2, 0.25) is 0 Å². The van der Waals surface area contributed by atoms with Crippen LogP contribution in [0, 0.1) is 11.6 Å². The SMILES string of the molecule is CN1C(c2ccc(F)cc2)=NC(C(F)(F)F)(C(F)(F)F)C1CC(=O)c1ccc(F)cc1. The molecule has 3 nitrogen and oxygen atoms in total. The average molecular weight is 450 g/mol. The molecule has 1 atom stereocenters. The Morgan fingerprint density at radius 3 is 1.81 bits per heavy atom. The van der Waals surface area contributed by atoms with E-state index in [1.165, 1.54) is 0 Å². The van der Waals surface area contributed by atoms with Gasteiger partial charge in [-0.1, -0.05) is 0 Å². The van der Waals surface area contributed by atoms with Gasteiger partial charge in [0.15, 0.2) is 5.78 Å². The van der Waals surface area contributed by atoms with Crippen LogP contribution in [0.2, 0.25) is 0 Å². The minimum atomic E-state index is -5.89. The van der Waals surface area contributed by atoms with Crippen molar-refractivity contribution in [2.24, 2.45) is 4.99 Å². The summed E-state index contributed by atoms with van der Waals surface area (Å²) in [7, 11) is 0.948. The number of aliphatic imine (C=N–C) groups is 1. The molecule has 0 fully saturated rings. The van der Waals surface area contributed by atoms with Crippen molar-refractivity contribution < 1.29 is 39.9 Å². The number of ketones is 1. The van der Waals surface area contributed by atoms with E-state index in [4.69, 9.17) is 0 Å². The van der Waals surface area contributed by atoms with E-state index in [1.807, 2.05) is 0 Å². The zero-order valence-electron chi connectivity index (χ0n) is 15.7. The van der Waals surface area contributed by atoms with Gasteiger partial charge in [-0.25, -0.2) is 13.8 Å². The normalized spacial score (nSPS) is 18.8. The number of halogens is 8. The van der Waals surface area contributed by atoms with Gasteiger partial charge in [0.25, 0.3) is 5.54 Å². The highest BCUT2D eigenvalue weighted by Crippen LogP contribution is 2.53. The van der Waals surface area contributed by atoms with E-state index >= 15 is 0 Å². The summed E-state index contributed by atoms with van der Waals surface area (Å²) in [6.07, 6.45) is -13.0. The molecule has 0 amide bonds. The summed E-state index contributed by atoms with van der Waals surface area (Å²) in [5.74, 6) is -3.21. The van der Waals surface area contributed by atoms with Gasteiger partial charge in [-0.15, -0.1) is 0 Å². The number of nitrogens with zero attached hydrogens (tertiary/aromatic N) is 2. The molecule has 2 aromatic carbocycles. The quantitative estimate of drug-likeness (QED) is 0.476. The zero-order valence-corrected chi connectivity index (χ0v) is 15.7. The third-order valence-electron chi connectivity index (χ3n) is 5.08. The van der Waals surface area contributed by atoms with Crippen LogP contribution < -0.4 is 0 Å². The summed E-state index contributed by atoms with van der Waals surface area (Å²) in [6, 6.07) is 4.93. The summed E-state index contributed by atoms with van der Waals surface area (Å²) in [5, 5.41) is 0. The second-order valence-corrected chi connectivity index (χ2v) is 6.97. The maximum atomic E-state index is 13.9. The van der Waals surface area contributed by atoms with Crippen LogP contribution in [0.25, 0.3) is 0 Å². The standard InChI is InChI=1S/C20H14F8N2O/c1-30-16(10-15(31)11-2-6-13(21)7-3-11)18(19(23,24)25,20(26,27)28)29-17(30)12-4-8-14(22)9-5-12/h2-9,16H,10H2,1H3. The van der Waals surface area contributed by atoms with Crippen molar-refractivity contribution >= 4 is 11.6 Å². The molecule has 11 heteroatoms. The molecule has 2 aromatic rings. The smallest absolute Gasteiger partial charge is 0.353 e. The first-order chi connectivity index (χ1) is 14.3. The number of benzene rings is 2. The monoisotopic (exact) mass is 450 g/mol. The molecule has 1 unspecified atom stereocenters. The number of hydrogen-bond donors (Lipinski definition) is 0. The van der Waals surface area contributed by atoms with Gasteiger partial charge < -0.3 is 4.90 Å². The van der Waals surface area contributed by atoms with Gasteiger partial charge in [-0.05, 0) is 48.5 Å². The lowest BCUT2D eigenvalue weighted by Gasteiger charge is -2.38. The molecule has 0 aliphatic carbocycles. The van der Waals surface area contributed by atoms with Gasteiger partial charge in [0, 0.05) is 24.6 Å². The Labute approximate surface area is 171 Å². The maximum absolute atomic E-state index is 13.9.